The Morgan fingerprint density at radius 1 is 1.56 bits per heavy atom. The van der Waals surface area contributed by atoms with Crippen LogP contribution in [0.2, 0.25) is 0 Å². The number of nitrogens with zero attached hydrogens (tertiary/aromatic N) is 1. The van der Waals surface area contributed by atoms with Crippen LogP contribution in [0.3, 0.4) is 0 Å². The van der Waals surface area contributed by atoms with E-state index in [4.69, 9.17) is 11.6 Å². The third-order valence-electron chi connectivity index (χ3n) is 2.50. The van der Waals surface area contributed by atoms with Crippen molar-refractivity contribution >= 4 is 34.3 Å². The molecule has 0 aromatic carbocycles. The summed E-state index contributed by atoms with van der Waals surface area (Å²) in [6.45, 7) is 1.08. The summed E-state index contributed by atoms with van der Waals surface area (Å²) in [6, 6.07) is 1.78. The van der Waals surface area contributed by atoms with Crippen LogP contribution in [0, 0.1) is 0 Å². The first kappa shape index (κ1) is 11.4. The maximum Gasteiger partial charge on any atom is 0.348 e. The molecule has 16 heavy (non-hydrogen) atoms. The lowest BCUT2D eigenvalue weighted by Gasteiger charge is -2.24. The van der Waals surface area contributed by atoms with Gasteiger partial charge in [0.05, 0.1) is 7.11 Å². The minimum Gasteiger partial charge on any atom is -0.465 e. The zero-order valence-electron chi connectivity index (χ0n) is 8.66. The highest BCUT2D eigenvalue weighted by molar-refractivity contribution is 7.14. The number of methoxy groups -OCH3 is 1. The van der Waals surface area contributed by atoms with Crippen LogP contribution in [0.15, 0.2) is 6.07 Å². The van der Waals surface area contributed by atoms with Crippen molar-refractivity contribution in [1.82, 2.24) is 4.90 Å². The van der Waals surface area contributed by atoms with E-state index >= 15 is 0 Å². The summed E-state index contributed by atoms with van der Waals surface area (Å²) in [5.74, 6) is -0.330. The van der Waals surface area contributed by atoms with E-state index in [1.165, 1.54) is 18.4 Å². The summed E-state index contributed by atoms with van der Waals surface area (Å²) in [6.07, 6.45) is 0.745. The summed E-state index contributed by atoms with van der Waals surface area (Å²) in [5, 5.41) is -0.448. The van der Waals surface area contributed by atoms with Crippen LogP contribution in [0.1, 0.15) is 20.1 Å². The molecule has 1 aromatic rings. The lowest BCUT2D eigenvalue weighted by molar-refractivity contribution is 0.0606. The monoisotopic (exact) mass is 259 g/mol. The van der Waals surface area contributed by atoms with Crippen LogP contribution in [0.4, 0.5) is 4.79 Å². The van der Waals surface area contributed by atoms with E-state index in [1.807, 2.05) is 0 Å². The standard InChI is InChI=1S/C10H10ClNO3S/c1-15-9(13)8-4-6-5-12(10(11)14)3-2-7(6)16-8/h4H,2-3,5H2,1H3. The number of hydrogen-bond donors (Lipinski definition) is 0. The number of hydrogen-bond acceptors (Lipinski definition) is 4. The summed E-state index contributed by atoms with van der Waals surface area (Å²) in [4.78, 5) is 25.6. The smallest absolute Gasteiger partial charge is 0.348 e. The first-order valence-electron chi connectivity index (χ1n) is 4.76. The van der Waals surface area contributed by atoms with Crippen LogP contribution in [0.25, 0.3) is 0 Å². The lowest BCUT2D eigenvalue weighted by atomic mass is 10.1. The van der Waals surface area contributed by atoms with Gasteiger partial charge in [0.15, 0.2) is 0 Å². The van der Waals surface area contributed by atoms with Gasteiger partial charge >= 0.3 is 11.3 Å². The Kier molecular flexibility index (Phi) is 3.16. The molecule has 0 aliphatic carbocycles. The van der Waals surface area contributed by atoms with Gasteiger partial charge in [0.2, 0.25) is 0 Å². The van der Waals surface area contributed by atoms with Gasteiger partial charge in [0.25, 0.3) is 0 Å². The van der Waals surface area contributed by atoms with Crippen molar-refractivity contribution in [3.05, 3.63) is 21.4 Å². The van der Waals surface area contributed by atoms with Gasteiger partial charge in [0, 0.05) is 18.0 Å². The third kappa shape index (κ3) is 2.05. The van der Waals surface area contributed by atoms with E-state index in [0.717, 1.165) is 16.9 Å². The minimum atomic E-state index is -0.448. The van der Waals surface area contributed by atoms with E-state index in [2.05, 4.69) is 4.74 Å². The summed E-state index contributed by atoms with van der Waals surface area (Å²) in [7, 11) is 1.36. The van der Waals surface area contributed by atoms with Gasteiger partial charge in [-0.05, 0) is 29.7 Å². The molecule has 0 N–H and O–H groups in total. The molecule has 4 nitrogen and oxygen atoms in total. The molecule has 0 saturated heterocycles. The number of thiophene rings is 1. The molecule has 1 aliphatic heterocycles. The molecule has 1 aliphatic rings. The molecule has 0 unspecified atom stereocenters. The molecule has 0 atom stereocenters. The van der Waals surface area contributed by atoms with Gasteiger partial charge in [-0.1, -0.05) is 0 Å². The van der Waals surface area contributed by atoms with E-state index in [-0.39, 0.29) is 5.97 Å². The molecular formula is C10H10ClNO3S. The fourth-order valence-electron chi connectivity index (χ4n) is 1.68. The van der Waals surface area contributed by atoms with E-state index in [1.54, 1.807) is 11.0 Å². The Balaban J connectivity index is 2.23. The predicted molar refractivity (Wildman–Crippen MR) is 61.0 cm³/mol. The second-order valence-corrected chi connectivity index (χ2v) is 4.94. The van der Waals surface area contributed by atoms with Gasteiger partial charge < -0.3 is 9.64 Å². The number of esters is 1. The Hall–Kier alpha value is -1.07. The number of carbonyl (C=O) groups excluding carboxylic acids is 2. The lowest BCUT2D eigenvalue weighted by Crippen LogP contribution is -2.31. The number of carbonyl (C=O) groups is 2. The fourth-order valence-corrected chi connectivity index (χ4v) is 2.91. The minimum absolute atomic E-state index is 0.330. The first-order chi connectivity index (χ1) is 7.61. The summed E-state index contributed by atoms with van der Waals surface area (Å²) < 4.78 is 4.65. The second-order valence-electron chi connectivity index (χ2n) is 3.48. The van der Waals surface area contributed by atoms with Gasteiger partial charge in [-0.25, -0.2) is 4.79 Å². The molecule has 0 radical (unpaired) electrons. The van der Waals surface area contributed by atoms with E-state index < -0.39 is 5.37 Å². The topological polar surface area (TPSA) is 46.6 Å². The normalized spacial score (nSPS) is 14.5. The molecule has 1 amide bonds. The van der Waals surface area contributed by atoms with Crippen LogP contribution in [-0.4, -0.2) is 29.9 Å². The van der Waals surface area contributed by atoms with Crippen molar-refractivity contribution in [2.75, 3.05) is 13.7 Å². The molecule has 6 heteroatoms. The first-order valence-corrected chi connectivity index (χ1v) is 5.95. The van der Waals surface area contributed by atoms with Gasteiger partial charge in [0.1, 0.15) is 4.88 Å². The Bertz CT molecular complexity index is 443. The summed E-state index contributed by atoms with van der Waals surface area (Å²) in [5.41, 5.74) is 0.991. The average Bonchev–Trinajstić information content (AvgIpc) is 2.70. The van der Waals surface area contributed by atoms with E-state index in [9.17, 15) is 9.59 Å². The maximum absolute atomic E-state index is 11.3. The molecule has 0 fully saturated rings. The van der Waals surface area contributed by atoms with Crippen LogP contribution in [0.5, 0.6) is 0 Å². The van der Waals surface area contributed by atoms with Crippen molar-refractivity contribution in [3.63, 3.8) is 0 Å². The van der Waals surface area contributed by atoms with Crippen molar-refractivity contribution in [1.29, 1.82) is 0 Å². The largest absolute Gasteiger partial charge is 0.465 e. The Morgan fingerprint density at radius 2 is 2.31 bits per heavy atom. The fraction of sp³-hybridized carbons (Fsp3) is 0.400. The highest BCUT2D eigenvalue weighted by Crippen LogP contribution is 2.28. The quantitative estimate of drug-likeness (QED) is 0.442. The van der Waals surface area contributed by atoms with Crippen LogP contribution < -0.4 is 0 Å². The van der Waals surface area contributed by atoms with Gasteiger partial charge in [-0.15, -0.1) is 11.3 Å². The zero-order chi connectivity index (χ0) is 11.7. The van der Waals surface area contributed by atoms with Crippen LogP contribution >= 0.6 is 22.9 Å². The molecular weight excluding hydrogens is 250 g/mol. The Morgan fingerprint density at radius 3 is 2.94 bits per heavy atom. The highest BCUT2D eigenvalue weighted by atomic mass is 35.5. The SMILES string of the molecule is COC(=O)c1cc2c(s1)CCN(C(=O)Cl)C2. The average molecular weight is 260 g/mol. The number of amides is 1. The van der Waals surface area contributed by atoms with E-state index in [0.29, 0.717) is 18.0 Å². The molecule has 86 valence electrons. The van der Waals surface area contributed by atoms with Crippen molar-refractivity contribution in [2.45, 2.75) is 13.0 Å². The second kappa shape index (κ2) is 4.43. The molecule has 0 spiro atoms. The van der Waals surface area contributed by atoms with Crippen LogP contribution in [-0.2, 0) is 17.7 Å². The van der Waals surface area contributed by atoms with Crippen molar-refractivity contribution < 1.29 is 14.3 Å². The third-order valence-corrected chi connectivity index (χ3v) is 3.96. The Labute approximate surface area is 102 Å². The van der Waals surface area contributed by atoms with Crippen molar-refractivity contribution in [2.24, 2.45) is 0 Å². The molecule has 2 rings (SSSR count). The van der Waals surface area contributed by atoms with Gasteiger partial charge in [-0.2, -0.15) is 0 Å². The molecule has 1 aromatic heterocycles. The molecule has 2 heterocycles. The van der Waals surface area contributed by atoms with Gasteiger partial charge in [-0.3, -0.25) is 4.79 Å². The highest BCUT2D eigenvalue weighted by Gasteiger charge is 2.23. The number of ether oxygens (including phenoxy) is 1. The molecule has 0 bridgehead atoms. The predicted octanol–water partition coefficient (Wildman–Crippen LogP) is 2.25. The van der Waals surface area contributed by atoms with Crippen molar-refractivity contribution in [3.8, 4) is 0 Å². The summed E-state index contributed by atoms with van der Waals surface area (Å²) >= 11 is 6.84. The number of halogens is 1. The number of fused-ring (bicyclic) bond motifs is 1. The number of rotatable bonds is 1. The molecule has 0 saturated carbocycles. The maximum atomic E-state index is 11.3. The zero-order valence-corrected chi connectivity index (χ0v) is 10.2.